The van der Waals surface area contributed by atoms with Crippen molar-refractivity contribution in [2.24, 2.45) is 16.8 Å². The Kier molecular flexibility index (Phi) is 8.44. The minimum atomic E-state index is 0. The van der Waals surface area contributed by atoms with E-state index in [1.165, 1.54) is 32.2 Å². The van der Waals surface area contributed by atoms with Gasteiger partial charge in [-0.3, -0.25) is 14.7 Å². The highest BCUT2D eigenvalue weighted by atomic mass is 127. The fourth-order valence-corrected chi connectivity index (χ4v) is 3.64. The molecule has 2 N–H and O–H groups in total. The number of halogens is 1. The Morgan fingerprint density at radius 1 is 1.23 bits per heavy atom. The lowest BCUT2D eigenvalue weighted by atomic mass is 10.2. The van der Waals surface area contributed by atoms with Crippen molar-refractivity contribution in [1.82, 2.24) is 20.4 Å². The first kappa shape index (κ1) is 21.7. The molecule has 0 aromatic heterocycles. The average Bonchev–Trinajstić information content (AvgIpc) is 3.51. The van der Waals surface area contributed by atoms with Crippen LogP contribution in [0.5, 0.6) is 0 Å². The van der Waals surface area contributed by atoms with Crippen LogP contribution in [0.2, 0.25) is 0 Å². The van der Waals surface area contributed by atoms with Gasteiger partial charge in [0.25, 0.3) is 0 Å². The van der Waals surface area contributed by atoms with Gasteiger partial charge in [0, 0.05) is 57.8 Å². The van der Waals surface area contributed by atoms with Crippen molar-refractivity contribution in [3.8, 4) is 0 Å². The Morgan fingerprint density at radius 2 is 1.96 bits per heavy atom. The van der Waals surface area contributed by atoms with Crippen LogP contribution in [0, 0.1) is 11.8 Å². The quantitative estimate of drug-likeness (QED) is 0.319. The first-order valence-corrected chi connectivity index (χ1v) is 10.1. The van der Waals surface area contributed by atoms with E-state index in [1.54, 1.807) is 0 Å². The predicted molar refractivity (Wildman–Crippen MR) is 117 cm³/mol. The van der Waals surface area contributed by atoms with Gasteiger partial charge < -0.3 is 15.5 Å². The maximum Gasteiger partial charge on any atom is 0.225 e. The number of guanidine groups is 1. The molecule has 0 aromatic rings. The molecule has 0 bridgehead atoms. The second-order valence-corrected chi connectivity index (χ2v) is 8.24. The van der Waals surface area contributed by atoms with Crippen LogP contribution in [0.1, 0.15) is 46.0 Å². The van der Waals surface area contributed by atoms with Gasteiger partial charge in [0.1, 0.15) is 0 Å². The van der Waals surface area contributed by atoms with Crippen LogP contribution in [0.25, 0.3) is 0 Å². The van der Waals surface area contributed by atoms with Gasteiger partial charge in [0.2, 0.25) is 5.91 Å². The van der Waals surface area contributed by atoms with Crippen LogP contribution in [0.15, 0.2) is 4.99 Å². The third-order valence-electron chi connectivity index (χ3n) is 5.50. The highest BCUT2D eigenvalue weighted by molar-refractivity contribution is 14.0. The van der Waals surface area contributed by atoms with Gasteiger partial charge in [-0.15, -0.1) is 24.0 Å². The summed E-state index contributed by atoms with van der Waals surface area (Å²) in [6.07, 6.45) is 6.60. The molecule has 1 saturated heterocycles. The molecule has 0 aromatic carbocycles. The highest BCUT2D eigenvalue weighted by Crippen LogP contribution is 2.34. The zero-order valence-corrected chi connectivity index (χ0v) is 18.9. The molecule has 2 saturated carbocycles. The van der Waals surface area contributed by atoms with E-state index in [-0.39, 0.29) is 35.8 Å². The molecule has 7 heteroatoms. The highest BCUT2D eigenvalue weighted by Gasteiger charge is 2.33. The Bertz CT molecular complexity index is 490. The number of carbonyl (C=O) groups is 1. The number of nitrogens with zero attached hydrogens (tertiary/aromatic N) is 3. The summed E-state index contributed by atoms with van der Waals surface area (Å²) in [6, 6.07) is 1.14. The van der Waals surface area contributed by atoms with Gasteiger partial charge in [-0.1, -0.05) is 13.8 Å². The minimum Gasteiger partial charge on any atom is -0.355 e. The van der Waals surface area contributed by atoms with Gasteiger partial charge in [-0.05, 0) is 38.0 Å². The van der Waals surface area contributed by atoms with Crippen molar-refractivity contribution in [3.05, 3.63) is 0 Å². The molecular weight excluding hydrogens is 441 g/mol. The van der Waals surface area contributed by atoms with Crippen molar-refractivity contribution in [3.63, 3.8) is 0 Å². The van der Waals surface area contributed by atoms with Crippen molar-refractivity contribution in [1.29, 1.82) is 0 Å². The molecule has 1 heterocycles. The van der Waals surface area contributed by atoms with Crippen molar-refractivity contribution >= 4 is 35.8 Å². The lowest BCUT2D eigenvalue weighted by Gasteiger charge is -2.23. The molecule has 3 rings (SSSR count). The molecule has 1 unspecified atom stereocenters. The van der Waals surface area contributed by atoms with E-state index in [0.717, 1.165) is 50.5 Å². The van der Waals surface area contributed by atoms with Crippen LogP contribution >= 0.6 is 24.0 Å². The van der Waals surface area contributed by atoms with Crippen LogP contribution < -0.4 is 10.6 Å². The Balaban J connectivity index is 0.00000243. The summed E-state index contributed by atoms with van der Waals surface area (Å²) in [5.41, 5.74) is 0. The maximum atomic E-state index is 12.1. The second kappa shape index (κ2) is 10.1. The number of nitrogens with one attached hydrogen (secondary N) is 2. The molecular formula is C19H36IN5O. The largest absolute Gasteiger partial charge is 0.355 e. The molecule has 0 radical (unpaired) electrons. The van der Waals surface area contributed by atoms with Crippen LogP contribution in [0.4, 0.5) is 0 Å². The molecule has 6 nitrogen and oxygen atoms in total. The third kappa shape index (κ3) is 6.55. The minimum absolute atomic E-state index is 0. The Hall–Kier alpha value is -0.570. The molecule has 150 valence electrons. The van der Waals surface area contributed by atoms with Gasteiger partial charge in [-0.25, -0.2) is 0 Å². The maximum absolute atomic E-state index is 12.1. The summed E-state index contributed by atoms with van der Waals surface area (Å²) in [5.74, 6) is 2.16. The van der Waals surface area contributed by atoms with E-state index in [2.05, 4.69) is 20.5 Å². The smallest absolute Gasteiger partial charge is 0.225 e. The van der Waals surface area contributed by atoms with E-state index >= 15 is 0 Å². The van der Waals surface area contributed by atoms with E-state index in [4.69, 9.17) is 0 Å². The van der Waals surface area contributed by atoms with E-state index in [9.17, 15) is 4.79 Å². The third-order valence-corrected chi connectivity index (χ3v) is 5.50. The van der Waals surface area contributed by atoms with Crippen LogP contribution in [-0.4, -0.2) is 73.5 Å². The van der Waals surface area contributed by atoms with Gasteiger partial charge >= 0.3 is 0 Å². The number of likely N-dealkylation sites (tertiary alicyclic amines) is 1. The van der Waals surface area contributed by atoms with E-state index in [0.29, 0.717) is 6.04 Å². The summed E-state index contributed by atoms with van der Waals surface area (Å²) in [5, 5.41) is 6.95. The summed E-state index contributed by atoms with van der Waals surface area (Å²) in [7, 11) is 1.82. The lowest BCUT2D eigenvalue weighted by Crippen LogP contribution is -2.47. The Labute approximate surface area is 175 Å². The van der Waals surface area contributed by atoms with Gasteiger partial charge in [-0.2, -0.15) is 0 Å². The summed E-state index contributed by atoms with van der Waals surface area (Å²) < 4.78 is 0. The summed E-state index contributed by atoms with van der Waals surface area (Å²) in [6.45, 7) is 8.89. The summed E-state index contributed by atoms with van der Waals surface area (Å²) >= 11 is 0. The molecule has 3 fully saturated rings. The molecule has 1 amide bonds. The lowest BCUT2D eigenvalue weighted by molar-refractivity contribution is -0.133. The van der Waals surface area contributed by atoms with E-state index < -0.39 is 0 Å². The van der Waals surface area contributed by atoms with Crippen LogP contribution in [-0.2, 0) is 4.79 Å². The monoisotopic (exact) mass is 477 g/mol. The number of amides is 1. The number of hydrogen-bond acceptors (Lipinski definition) is 3. The SMILES string of the molecule is CN=C(NCCN(CC1CC1)C1CC1)NC1CCN(C(=O)C(C)C)C1.I. The summed E-state index contributed by atoms with van der Waals surface area (Å²) in [4.78, 5) is 21.1. The van der Waals surface area contributed by atoms with Gasteiger partial charge in [0.15, 0.2) is 5.96 Å². The van der Waals surface area contributed by atoms with Gasteiger partial charge in [0.05, 0.1) is 0 Å². The molecule has 3 aliphatic rings. The topological polar surface area (TPSA) is 60.0 Å². The van der Waals surface area contributed by atoms with Crippen molar-refractivity contribution < 1.29 is 4.79 Å². The number of hydrogen-bond donors (Lipinski definition) is 2. The predicted octanol–water partition coefficient (Wildman–Crippen LogP) is 1.90. The number of carbonyl (C=O) groups excluding carboxylic acids is 1. The number of rotatable bonds is 8. The van der Waals surface area contributed by atoms with Crippen LogP contribution in [0.3, 0.4) is 0 Å². The first-order chi connectivity index (χ1) is 12.1. The fraction of sp³-hybridized carbons (Fsp3) is 0.895. The van der Waals surface area contributed by atoms with Crippen molar-refractivity contribution in [2.45, 2.75) is 58.0 Å². The molecule has 0 spiro atoms. The molecule has 2 aliphatic carbocycles. The second-order valence-electron chi connectivity index (χ2n) is 8.24. The zero-order chi connectivity index (χ0) is 17.8. The normalized spacial score (nSPS) is 23.3. The standard InChI is InChI=1S/C19H35N5O.HI/c1-14(2)18(25)24-10-8-16(13-24)22-19(20-3)21-9-11-23(17-6-7-17)12-15-4-5-15;/h14-17H,4-13H2,1-3H3,(H2,20,21,22);1H. The fourth-order valence-electron chi connectivity index (χ4n) is 3.64. The average molecular weight is 477 g/mol. The molecule has 1 atom stereocenters. The van der Waals surface area contributed by atoms with E-state index in [1.807, 2.05) is 25.8 Å². The number of aliphatic imine (C=N–C) groups is 1. The van der Waals surface area contributed by atoms with Crippen molar-refractivity contribution in [2.75, 3.05) is 39.8 Å². The molecule has 26 heavy (non-hydrogen) atoms. The Morgan fingerprint density at radius 3 is 2.54 bits per heavy atom. The zero-order valence-electron chi connectivity index (χ0n) is 16.5. The first-order valence-electron chi connectivity index (χ1n) is 10.1. The molecule has 1 aliphatic heterocycles.